The summed E-state index contributed by atoms with van der Waals surface area (Å²) in [6.07, 6.45) is 5.96. The Kier molecular flexibility index (Phi) is 4.00. The molecule has 1 unspecified atom stereocenters. The first kappa shape index (κ1) is 12.0. The molecule has 1 nitrogen and oxygen atoms in total. The van der Waals surface area contributed by atoms with Gasteiger partial charge in [0, 0.05) is 0 Å². The molecule has 1 saturated carbocycles. The highest BCUT2D eigenvalue weighted by atomic mass is 16.3. The normalized spacial score (nSPS) is 31.5. The standard InChI is InChI=1S/C13H26O/c1-5-12(14)10-6-8-11(9-7-10)13(2,3)4/h10-12,14H,5-9H2,1-4H3. The maximum atomic E-state index is 9.77. The highest BCUT2D eigenvalue weighted by Crippen LogP contribution is 2.40. The van der Waals surface area contributed by atoms with Crippen LogP contribution in [0.25, 0.3) is 0 Å². The van der Waals surface area contributed by atoms with E-state index in [1.165, 1.54) is 25.7 Å². The third-order valence-corrected chi connectivity index (χ3v) is 3.96. The Morgan fingerprint density at radius 3 is 2.00 bits per heavy atom. The quantitative estimate of drug-likeness (QED) is 0.718. The Balaban J connectivity index is 2.39. The maximum Gasteiger partial charge on any atom is 0.0565 e. The van der Waals surface area contributed by atoms with Gasteiger partial charge in [0.1, 0.15) is 0 Å². The fourth-order valence-electron chi connectivity index (χ4n) is 2.70. The van der Waals surface area contributed by atoms with Crippen LogP contribution in [0.15, 0.2) is 0 Å². The summed E-state index contributed by atoms with van der Waals surface area (Å²) in [6.45, 7) is 9.11. The zero-order valence-electron chi connectivity index (χ0n) is 10.2. The van der Waals surface area contributed by atoms with E-state index in [-0.39, 0.29) is 6.10 Å². The van der Waals surface area contributed by atoms with Gasteiger partial charge in [-0.2, -0.15) is 0 Å². The van der Waals surface area contributed by atoms with E-state index in [0.29, 0.717) is 11.3 Å². The van der Waals surface area contributed by atoms with Gasteiger partial charge in [0.05, 0.1) is 6.10 Å². The smallest absolute Gasteiger partial charge is 0.0565 e. The summed E-state index contributed by atoms with van der Waals surface area (Å²) in [4.78, 5) is 0. The van der Waals surface area contributed by atoms with Crippen molar-refractivity contribution in [3.63, 3.8) is 0 Å². The van der Waals surface area contributed by atoms with Crippen LogP contribution in [0.5, 0.6) is 0 Å². The highest BCUT2D eigenvalue weighted by Gasteiger charge is 2.31. The first-order valence-corrected chi connectivity index (χ1v) is 6.13. The van der Waals surface area contributed by atoms with E-state index in [9.17, 15) is 5.11 Å². The van der Waals surface area contributed by atoms with Gasteiger partial charge >= 0.3 is 0 Å². The highest BCUT2D eigenvalue weighted by molar-refractivity contribution is 4.82. The zero-order valence-corrected chi connectivity index (χ0v) is 10.2. The van der Waals surface area contributed by atoms with Crippen molar-refractivity contribution in [3.05, 3.63) is 0 Å². The second-order valence-corrected chi connectivity index (χ2v) is 5.95. The summed E-state index contributed by atoms with van der Waals surface area (Å²) in [7, 11) is 0. The van der Waals surface area contributed by atoms with Crippen molar-refractivity contribution in [1.29, 1.82) is 0 Å². The number of aliphatic hydroxyl groups excluding tert-OH is 1. The fraction of sp³-hybridized carbons (Fsp3) is 1.00. The largest absolute Gasteiger partial charge is 0.393 e. The minimum atomic E-state index is -0.0454. The molecule has 14 heavy (non-hydrogen) atoms. The van der Waals surface area contributed by atoms with Gasteiger partial charge in [-0.05, 0) is 49.4 Å². The average molecular weight is 198 g/mol. The first-order valence-electron chi connectivity index (χ1n) is 6.13. The molecule has 1 heteroatoms. The summed E-state index contributed by atoms with van der Waals surface area (Å²) in [5.41, 5.74) is 0.460. The average Bonchev–Trinajstić information content (AvgIpc) is 2.15. The third kappa shape index (κ3) is 2.98. The minimum absolute atomic E-state index is 0.0454. The van der Waals surface area contributed by atoms with Gasteiger partial charge in [-0.15, -0.1) is 0 Å². The molecule has 1 fully saturated rings. The summed E-state index contributed by atoms with van der Waals surface area (Å²) in [5.74, 6) is 1.45. The topological polar surface area (TPSA) is 20.2 Å². The lowest BCUT2D eigenvalue weighted by molar-refractivity contribution is 0.0512. The van der Waals surface area contributed by atoms with Crippen molar-refractivity contribution in [2.24, 2.45) is 17.3 Å². The summed E-state index contributed by atoms with van der Waals surface area (Å²) >= 11 is 0. The summed E-state index contributed by atoms with van der Waals surface area (Å²) in [5, 5.41) is 9.77. The van der Waals surface area contributed by atoms with Gasteiger partial charge in [-0.25, -0.2) is 0 Å². The van der Waals surface area contributed by atoms with Crippen molar-refractivity contribution in [2.45, 2.75) is 65.9 Å². The third-order valence-electron chi connectivity index (χ3n) is 3.96. The zero-order chi connectivity index (χ0) is 10.8. The molecule has 0 heterocycles. The second-order valence-electron chi connectivity index (χ2n) is 5.95. The van der Waals surface area contributed by atoms with Crippen LogP contribution in [0.3, 0.4) is 0 Å². The molecule has 1 atom stereocenters. The first-order chi connectivity index (χ1) is 6.45. The SMILES string of the molecule is CCC(O)C1CCC(C(C)(C)C)CC1. The van der Waals surface area contributed by atoms with Crippen molar-refractivity contribution in [3.8, 4) is 0 Å². The number of hydrogen-bond donors (Lipinski definition) is 1. The second kappa shape index (κ2) is 4.65. The van der Waals surface area contributed by atoms with Gasteiger partial charge in [0.25, 0.3) is 0 Å². The van der Waals surface area contributed by atoms with Crippen LogP contribution in [0, 0.1) is 17.3 Å². The van der Waals surface area contributed by atoms with Gasteiger partial charge in [0.2, 0.25) is 0 Å². The van der Waals surface area contributed by atoms with E-state index in [0.717, 1.165) is 12.3 Å². The molecular weight excluding hydrogens is 172 g/mol. The van der Waals surface area contributed by atoms with E-state index in [2.05, 4.69) is 27.7 Å². The molecule has 1 N–H and O–H groups in total. The Morgan fingerprint density at radius 1 is 1.14 bits per heavy atom. The maximum absolute atomic E-state index is 9.77. The van der Waals surface area contributed by atoms with Crippen LogP contribution in [0.4, 0.5) is 0 Å². The van der Waals surface area contributed by atoms with Gasteiger partial charge < -0.3 is 5.11 Å². The van der Waals surface area contributed by atoms with E-state index >= 15 is 0 Å². The fourth-order valence-corrected chi connectivity index (χ4v) is 2.70. The molecule has 1 aliphatic carbocycles. The van der Waals surface area contributed by atoms with Crippen LogP contribution in [-0.4, -0.2) is 11.2 Å². The lowest BCUT2D eigenvalue weighted by atomic mass is 9.69. The molecule has 0 aromatic rings. The molecule has 1 aliphatic rings. The van der Waals surface area contributed by atoms with E-state index < -0.39 is 0 Å². The number of rotatable bonds is 2. The number of hydrogen-bond acceptors (Lipinski definition) is 1. The van der Waals surface area contributed by atoms with Crippen molar-refractivity contribution < 1.29 is 5.11 Å². The molecule has 0 radical (unpaired) electrons. The van der Waals surface area contributed by atoms with Crippen LogP contribution >= 0.6 is 0 Å². The molecule has 0 aliphatic heterocycles. The Labute approximate surface area is 88.9 Å². The molecule has 0 aromatic heterocycles. The monoisotopic (exact) mass is 198 g/mol. The van der Waals surface area contributed by atoms with Gasteiger partial charge in [-0.3, -0.25) is 0 Å². The summed E-state index contributed by atoms with van der Waals surface area (Å²) in [6, 6.07) is 0. The molecule has 0 bridgehead atoms. The molecule has 0 saturated heterocycles. The van der Waals surface area contributed by atoms with E-state index in [1.807, 2.05) is 0 Å². The molecular formula is C13H26O. The van der Waals surface area contributed by atoms with Gasteiger partial charge in [0.15, 0.2) is 0 Å². The Morgan fingerprint density at radius 2 is 1.64 bits per heavy atom. The van der Waals surface area contributed by atoms with Crippen molar-refractivity contribution >= 4 is 0 Å². The van der Waals surface area contributed by atoms with E-state index in [4.69, 9.17) is 0 Å². The Bertz CT molecular complexity index is 161. The molecule has 1 rings (SSSR count). The van der Waals surface area contributed by atoms with E-state index in [1.54, 1.807) is 0 Å². The predicted octanol–water partition coefficient (Wildman–Crippen LogP) is 3.61. The molecule has 0 amide bonds. The van der Waals surface area contributed by atoms with Gasteiger partial charge in [-0.1, -0.05) is 27.7 Å². The minimum Gasteiger partial charge on any atom is -0.393 e. The van der Waals surface area contributed by atoms with Crippen molar-refractivity contribution in [1.82, 2.24) is 0 Å². The number of aliphatic hydroxyl groups is 1. The lowest BCUT2D eigenvalue weighted by Crippen LogP contribution is -2.30. The molecule has 84 valence electrons. The van der Waals surface area contributed by atoms with Crippen LogP contribution in [-0.2, 0) is 0 Å². The van der Waals surface area contributed by atoms with Crippen molar-refractivity contribution in [2.75, 3.05) is 0 Å². The lowest BCUT2D eigenvalue weighted by Gasteiger charge is -2.38. The molecule has 0 spiro atoms. The summed E-state index contributed by atoms with van der Waals surface area (Å²) < 4.78 is 0. The molecule has 0 aromatic carbocycles. The Hall–Kier alpha value is -0.0400. The van der Waals surface area contributed by atoms with Crippen LogP contribution < -0.4 is 0 Å². The van der Waals surface area contributed by atoms with Crippen LogP contribution in [0.2, 0.25) is 0 Å². The predicted molar refractivity (Wildman–Crippen MR) is 61.2 cm³/mol. The van der Waals surface area contributed by atoms with Crippen LogP contribution in [0.1, 0.15) is 59.8 Å².